The van der Waals surface area contributed by atoms with Gasteiger partial charge in [-0.2, -0.15) is 5.10 Å². The Morgan fingerprint density at radius 2 is 1.63 bits per heavy atom. The summed E-state index contributed by atoms with van der Waals surface area (Å²) in [6.07, 6.45) is 10.2. The van der Waals surface area contributed by atoms with Crippen LogP contribution in [-0.4, -0.2) is 18.9 Å². The third-order valence-corrected chi connectivity index (χ3v) is 5.34. The molecule has 3 heteroatoms. The highest BCUT2D eigenvalue weighted by atomic mass is 16.5. The summed E-state index contributed by atoms with van der Waals surface area (Å²) in [5, 5.41) is 7.24. The van der Waals surface area contributed by atoms with Crippen molar-refractivity contribution in [3.05, 3.63) is 60.2 Å². The van der Waals surface area contributed by atoms with E-state index >= 15 is 0 Å². The van der Waals surface area contributed by atoms with Crippen LogP contribution in [0.25, 0.3) is 0 Å². The summed E-state index contributed by atoms with van der Waals surface area (Å²) in [6, 6.07) is 19.3. The number of methoxy groups -OCH3 is 1. The Labute approximate surface area is 164 Å². The molecule has 0 N–H and O–H groups in total. The van der Waals surface area contributed by atoms with E-state index in [0.717, 1.165) is 12.2 Å². The molecule has 0 saturated heterocycles. The summed E-state index contributed by atoms with van der Waals surface area (Å²) < 4.78 is 5.29. The van der Waals surface area contributed by atoms with Gasteiger partial charge in [-0.1, -0.05) is 63.6 Å². The summed E-state index contributed by atoms with van der Waals surface area (Å²) in [6.45, 7) is 2.27. The first-order valence-electron chi connectivity index (χ1n) is 10.4. The molecule has 1 aliphatic heterocycles. The van der Waals surface area contributed by atoms with Gasteiger partial charge in [-0.15, -0.1) is 0 Å². The number of hydrogen-bond donors (Lipinski definition) is 0. The summed E-state index contributed by atoms with van der Waals surface area (Å²) in [5.41, 5.74) is 3.57. The van der Waals surface area contributed by atoms with Crippen LogP contribution >= 0.6 is 0 Å². The first-order chi connectivity index (χ1) is 13.3. The van der Waals surface area contributed by atoms with Gasteiger partial charge in [0, 0.05) is 6.42 Å². The second-order valence-electron chi connectivity index (χ2n) is 7.37. The summed E-state index contributed by atoms with van der Waals surface area (Å²) in [5.74, 6) is 0.890. The maximum absolute atomic E-state index is 5.29. The zero-order chi connectivity index (χ0) is 18.9. The van der Waals surface area contributed by atoms with E-state index in [-0.39, 0.29) is 0 Å². The van der Waals surface area contributed by atoms with Gasteiger partial charge in [-0.3, -0.25) is 5.01 Å². The van der Waals surface area contributed by atoms with Crippen LogP contribution in [0.15, 0.2) is 59.7 Å². The average molecular weight is 365 g/mol. The second-order valence-corrected chi connectivity index (χ2v) is 7.37. The number of hydrazone groups is 1. The van der Waals surface area contributed by atoms with Crippen LogP contribution in [0.4, 0.5) is 5.69 Å². The van der Waals surface area contributed by atoms with Crippen molar-refractivity contribution in [3.8, 4) is 5.75 Å². The number of anilines is 1. The third kappa shape index (κ3) is 5.35. The zero-order valence-corrected chi connectivity index (χ0v) is 16.7. The molecule has 1 unspecified atom stereocenters. The van der Waals surface area contributed by atoms with Gasteiger partial charge in [0.15, 0.2) is 0 Å². The maximum atomic E-state index is 5.29. The molecule has 2 aromatic rings. The maximum Gasteiger partial charge on any atom is 0.118 e. The van der Waals surface area contributed by atoms with Crippen LogP contribution in [0.5, 0.6) is 5.75 Å². The van der Waals surface area contributed by atoms with Crippen molar-refractivity contribution < 1.29 is 4.74 Å². The van der Waals surface area contributed by atoms with Crippen LogP contribution in [0.2, 0.25) is 0 Å². The van der Waals surface area contributed by atoms with Crippen LogP contribution in [0, 0.1) is 0 Å². The molecule has 0 saturated carbocycles. The number of para-hydroxylation sites is 1. The van der Waals surface area contributed by atoms with Crippen LogP contribution in [-0.2, 0) is 0 Å². The molecular formula is C24H32N2O. The fraction of sp³-hybridized carbons (Fsp3) is 0.458. The highest BCUT2D eigenvalue weighted by Crippen LogP contribution is 2.30. The summed E-state index contributed by atoms with van der Waals surface area (Å²) in [4.78, 5) is 0. The first kappa shape index (κ1) is 19.5. The molecule has 0 radical (unpaired) electrons. The lowest BCUT2D eigenvalue weighted by Gasteiger charge is -2.23. The van der Waals surface area contributed by atoms with Crippen LogP contribution in [0.1, 0.15) is 63.9 Å². The standard InChI is InChI=1S/C24H32N2O/c1-3-4-5-6-7-9-14-22-19-24(20-15-17-23(27-2)18-16-20)25-26(22)21-12-10-8-11-13-21/h8,10-13,15-18,22H,3-7,9,14,19H2,1-2H3. The quantitative estimate of drug-likeness (QED) is 0.454. The molecular weight excluding hydrogens is 332 g/mol. The van der Waals surface area contributed by atoms with E-state index in [9.17, 15) is 0 Å². The monoisotopic (exact) mass is 364 g/mol. The average Bonchev–Trinajstić information content (AvgIpc) is 3.15. The molecule has 0 aliphatic carbocycles. The molecule has 2 aromatic carbocycles. The van der Waals surface area contributed by atoms with Crippen molar-refractivity contribution in [1.82, 2.24) is 0 Å². The van der Waals surface area contributed by atoms with E-state index in [2.05, 4.69) is 54.4 Å². The first-order valence-corrected chi connectivity index (χ1v) is 10.4. The number of rotatable bonds is 10. The lowest BCUT2D eigenvalue weighted by molar-refractivity contribution is 0.415. The SMILES string of the molecule is CCCCCCCCC1CC(c2ccc(OC)cc2)=NN1c1ccccc1. The molecule has 1 atom stereocenters. The van der Waals surface area contributed by atoms with Gasteiger partial charge in [0.25, 0.3) is 0 Å². The van der Waals surface area contributed by atoms with Crippen molar-refractivity contribution >= 4 is 11.4 Å². The highest BCUT2D eigenvalue weighted by Gasteiger charge is 2.27. The predicted octanol–water partition coefficient (Wildman–Crippen LogP) is 6.43. The summed E-state index contributed by atoms with van der Waals surface area (Å²) >= 11 is 0. The fourth-order valence-corrected chi connectivity index (χ4v) is 3.76. The molecule has 0 aromatic heterocycles. The largest absolute Gasteiger partial charge is 0.497 e. The third-order valence-electron chi connectivity index (χ3n) is 5.34. The molecule has 0 bridgehead atoms. The number of nitrogens with zero attached hydrogens (tertiary/aromatic N) is 2. The van der Waals surface area contributed by atoms with Gasteiger partial charge in [0.05, 0.1) is 24.6 Å². The van der Waals surface area contributed by atoms with E-state index in [1.54, 1.807) is 7.11 Å². The van der Waals surface area contributed by atoms with Crippen molar-refractivity contribution in [2.45, 2.75) is 64.3 Å². The minimum absolute atomic E-state index is 0.454. The van der Waals surface area contributed by atoms with Gasteiger partial charge >= 0.3 is 0 Å². The fourth-order valence-electron chi connectivity index (χ4n) is 3.76. The van der Waals surface area contributed by atoms with E-state index in [0.29, 0.717) is 6.04 Å². The smallest absolute Gasteiger partial charge is 0.118 e. The Hall–Kier alpha value is -2.29. The molecule has 3 rings (SSSR count). The van der Waals surface area contributed by atoms with Gasteiger partial charge in [0.2, 0.25) is 0 Å². The topological polar surface area (TPSA) is 24.8 Å². The molecule has 0 spiro atoms. The number of hydrogen-bond acceptors (Lipinski definition) is 3. The Morgan fingerprint density at radius 3 is 2.33 bits per heavy atom. The Kier molecular flexibility index (Phi) is 7.32. The van der Waals surface area contributed by atoms with Gasteiger partial charge in [-0.25, -0.2) is 0 Å². The minimum atomic E-state index is 0.454. The van der Waals surface area contributed by atoms with Crippen LogP contribution < -0.4 is 9.75 Å². The Bertz CT molecular complexity index is 709. The summed E-state index contributed by atoms with van der Waals surface area (Å²) in [7, 11) is 1.70. The normalized spacial score (nSPS) is 16.4. The minimum Gasteiger partial charge on any atom is -0.497 e. The van der Waals surface area contributed by atoms with Gasteiger partial charge in [0.1, 0.15) is 5.75 Å². The Balaban J connectivity index is 1.67. The molecule has 27 heavy (non-hydrogen) atoms. The molecule has 0 fully saturated rings. The predicted molar refractivity (Wildman–Crippen MR) is 115 cm³/mol. The molecule has 0 amide bonds. The van der Waals surface area contributed by atoms with E-state index in [1.807, 2.05) is 12.1 Å². The van der Waals surface area contributed by atoms with E-state index in [1.165, 1.54) is 61.9 Å². The lowest BCUT2D eigenvalue weighted by Crippen LogP contribution is -2.26. The number of ether oxygens (including phenoxy) is 1. The zero-order valence-electron chi connectivity index (χ0n) is 16.7. The van der Waals surface area contributed by atoms with Gasteiger partial charge < -0.3 is 4.74 Å². The van der Waals surface area contributed by atoms with E-state index < -0.39 is 0 Å². The Morgan fingerprint density at radius 1 is 0.926 bits per heavy atom. The molecule has 144 valence electrons. The van der Waals surface area contributed by atoms with E-state index in [4.69, 9.17) is 9.84 Å². The number of benzene rings is 2. The van der Waals surface area contributed by atoms with Crippen molar-refractivity contribution in [2.24, 2.45) is 5.10 Å². The van der Waals surface area contributed by atoms with Crippen LogP contribution in [0.3, 0.4) is 0 Å². The molecule has 1 heterocycles. The number of unbranched alkanes of at least 4 members (excludes halogenated alkanes) is 5. The highest BCUT2D eigenvalue weighted by molar-refractivity contribution is 6.03. The lowest BCUT2D eigenvalue weighted by atomic mass is 9.99. The second kappa shape index (κ2) is 10.1. The van der Waals surface area contributed by atoms with Crippen molar-refractivity contribution in [2.75, 3.05) is 12.1 Å². The van der Waals surface area contributed by atoms with Gasteiger partial charge in [-0.05, 0) is 48.4 Å². The van der Waals surface area contributed by atoms with Crippen molar-refractivity contribution in [3.63, 3.8) is 0 Å². The van der Waals surface area contributed by atoms with Crippen molar-refractivity contribution in [1.29, 1.82) is 0 Å². The molecule has 1 aliphatic rings. The molecule has 3 nitrogen and oxygen atoms in total.